The smallest absolute Gasteiger partial charge is 0.302 e. The summed E-state index contributed by atoms with van der Waals surface area (Å²) in [6, 6.07) is 11.6. The zero-order valence-electron chi connectivity index (χ0n) is 22.6. The molecule has 0 spiro atoms. The molecule has 1 atom stereocenters. The Hall–Kier alpha value is -4.33. The summed E-state index contributed by atoms with van der Waals surface area (Å²) in [7, 11) is 3.32. The van der Waals surface area contributed by atoms with Crippen molar-refractivity contribution in [3.05, 3.63) is 60.0 Å². The number of aliphatic hydroxyl groups excluding tert-OH is 1. The molecule has 1 unspecified atom stereocenters. The lowest BCUT2D eigenvalue weighted by atomic mass is 9.99. The molecule has 3 N–H and O–H groups in total. The Morgan fingerprint density at radius 3 is 2.54 bits per heavy atom. The predicted molar refractivity (Wildman–Crippen MR) is 152 cm³/mol. The minimum absolute atomic E-state index is 0.155. The summed E-state index contributed by atoms with van der Waals surface area (Å²) in [5.74, 6) is 0.615. The SMILES string of the molecule is CC(O)CN1CCCCC1.CNc1ncc(-c2c(-c3ccc(C#N)cc3)nc(OC)n3ccnc23)cc1C=N. The quantitative estimate of drug-likeness (QED) is 0.305. The van der Waals surface area contributed by atoms with E-state index >= 15 is 0 Å². The van der Waals surface area contributed by atoms with Gasteiger partial charge < -0.3 is 25.5 Å². The Labute approximate surface area is 228 Å². The number of nitrogens with one attached hydrogen (secondary N) is 2. The zero-order valence-corrected chi connectivity index (χ0v) is 22.6. The highest BCUT2D eigenvalue weighted by atomic mass is 16.5. The van der Waals surface area contributed by atoms with E-state index in [-0.39, 0.29) is 6.10 Å². The molecule has 1 aromatic carbocycles. The van der Waals surface area contributed by atoms with Crippen molar-refractivity contribution in [1.29, 1.82) is 10.7 Å². The fourth-order valence-corrected chi connectivity index (χ4v) is 4.73. The van der Waals surface area contributed by atoms with Gasteiger partial charge in [-0.1, -0.05) is 18.6 Å². The summed E-state index contributed by atoms with van der Waals surface area (Å²) in [6.45, 7) is 5.09. The van der Waals surface area contributed by atoms with Crippen LogP contribution in [-0.4, -0.2) is 75.5 Å². The number of imidazole rings is 1. The second kappa shape index (κ2) is 13.0. The topological polar surface area (TPSA) is 135 Å². The van der Waals surface area contributed by atoms with E-state index in [1.807, 2.05) is 25.1 Å². The standard InChI is InChI=1S/C21H17N7O.C8H17NO/c1-24-19-15(11-23)9-16(12-26-19)17-18(14-5-3-13(10-22)4-6-14)27-21(29-2)28-8-7-25-20(17)28;1-8(10)7-9-5-3-2-4-6-9/h3-9,11-12,23H,1-2H3,(H,24,26);8,10H,2-7H2,1H3. The minimum atomic E-state index is -0.155. The molecule has 0 aliphatic carbocycles. The average molecular weight is 527 g/mol. The molecule has 5 rings (SSSR count). The molecule has 0 saturated carbocycles. The van der Waals surface area contributed by atoms with Crippen molar-refractivity contribution in [2.45, 2.75) is 32.3 Å². The van der Waals surface area contributed by atoms with Gasteiger partial charge in [-0.15, -0.1) is 0 Å². The third-order valence-electron chi connectivity index (χ3n) is 6.55. The Bertz CT molecular complexity index is 1450. The Kier molecular flexibility index (Phi) is 9.20. The molecule has 1 saturated heterocycles. The van der Waals surface area contributed by atoms with E-state index in [1.54, 1.807) is 49.3 Å². The van der Waals surface area contributed by atoms with Gasteiger partial charge in [-0.2, -0.15) is 10.2 Å². The summed E-state index contributed by atoms with van der Waals surface area (Å²) >= 11 is 0. The van der Waals surface area contributed by atoms with Crippen LogP contribution in [0.1, 0.15) is 37.3 Å². The minimum Gasteiger partial charge on any atom is -0.468 e. The molecule has 4 aromatic rings. The van der Waals surface area contributed by atoms with E-state index in [1.165, 1.54) is 38.6 Å². The Morgan fingerprint density at radius 2 is 1.92 bits per heavy atom. The number of anilines is 1. The van der Waals surface area contributed by atoms with E-state index in [2.05, 4.69) is 26.3 Å². The van der Waals surface area contributed by atoms with Crippen molar-refractivity contribution in [1.82, 2.24) is 24.3 Å². The second-order valence-electron chi connectivity index (χ2n) is 9.40. The van der Waals surface area contributed by atoms with E-state index in [4.69, 9.17) is 25.5 Å². The highest BCUT2D eigenvalue weighted by molar-refractivity contribution is 5.93. The summed E-state index contributed by atoms with van der Waals surface area (Å²) in [4.78, 5) is 16.0. The number of benzene rings is 1. The molecular formula is C29H34N8O2. The largest absolute Gasteiger partial charge is 0.468 e. The molecule has 0 radical (unpaired) electrons. The molecule has 3 aromatic heterocycles. The van der Waals surface area contributed by atoms with E-state index < -0.39 is 0 Å². The fourth-order valence-electron chi connectivity index (χ4n) is 4.73. The summed E-state index contributed by atoms with van der Waals surface area (Å²) in [5.41, 5.74) is 4.88. The Morgan fingerprint density at radius 1 is 1.18 bits per heavy atom. The van der Waals surface area contributed by atoms with Crippen LogP contribution in [0, 0.1) is 16.7 Å². The van der Waals surface area contributed by atoms with Crippen LogP contribution >= 0.6 is 0 Å². The number of nitriles is 1. The molecule has 0 amide bonds. The van der Waals surface area contributed by atoms with Crippen LogP contribution < -0.4 is 10.1 Å². The van der Waals surface area contributed by atoms with Crippen molar-refractivity contribution in [3.63, 3.8) is 0 Å². The fraction of sp³-hybridized carbons (Fsp3) is 0.345. The number of methoxy groups -OCH3 is 1. The number of fused-ring (bicyclic) bond motifs is 1. The number of piperidine rings is 1. The number of pyridine rings is 1. The first-order valence-electron chi connectivity index (χ1n) is 13.0. The highest BCUT2D eigenvalue weighted by Gasteiger charge is 2.20. The van der Waals surface area contributed by atoms with Crippen LogP contribution in [0.3, 0.4) is 0 Å². The molecule has 10 nitrogen and oxygen atoms in total. The lowest BCUT2D eigenvalue weighted by molar-refractivity contribution is 0.114. The van der Waals surface area contributed by atoms with Gasteiger partial charge in [0.1, 0.15) is 5.82 Å². The van der Waals surface area contributed by atoms with Gasteiger partial charge in [0.25, 0.3) is 0 Å². The molecule has 0 bridgehead atoms. The normalized spacial score (nSPS) is 14.1. The van der Waals surface area contributed by atoms with Crippen molar-refractivity contribution in [3.8, 4) is 34.5 Å². The number of hydrogen-bond donors (Lipinski definition) is 3. The monoisotopic (exact) mass is 526 g/mol. The third-order valence-corrected chi connectivity index (χ3v) is 6.55. The number of ether oxygens (including phenoxy) is 1. The van der Waals surface area contributed by atoms with Crippen LogP contribution in [0.5, 0.6) is 6.01 Å². The van der Waals surface area contributed by atoms with Crippen molar-refractivity contribution in [2.75, 3.05) is 39.1 Å². The van der Waals surface area contributed by atoms with Gasteiger partial charge in [0.05, 0.1) is 36.1 Å². The summed E-state index contributed by atoms with van der Waals surface area (Å²) in [6.07, 6.45) is 10.3. The van der Waals surface area contributed by atoms with Gasteiger partial charge >= 0.3 is 6.01 Å². The maximum atomic E-state index is 9.10. The summed E-state index contributed by atoms with van der Waals surface area (Å²) in [5, 5.41) is 28.9. The molecule has 202 valence electrons. The molecule has 39 heavy (non-hydrogen) atoms. The molecule has 4 heterocycles. The van der Waals surface area contributed by atoms with Gasteiger partial charge in [0, 0.05) is 55.1 Å². The van der Waals surface area contributed by atoms with Crippen LogP contribution in [-0.2, 0) is 0 Å². The molecule has 1 aliphatic heterocycles. The maximum Gasteiger partial charge on any atom is 0.302 e. The first-order chi connectivity index (χ1) is 19.0. The van der Waals surface area contributed by atoms with E-state index in [0.29, 0.717) is 34.3 Å². The molecule has 1 aliphatic rings. The van der Waals surface area contributed by atoms with Crippen LogP contribution in [0.15, 0.2) is 48.9 Å². The lowest BCUT2D eigenvalue weighted by Crippen LogP contribution is -2.35. The van der Waals surface area contributed by atoms with Crippen molar-refractivity contribution >= 4 is 17.7 Å². The highest BCUT2D eigenvalue weighted by Crippen LogP contribution is 2.36. The van der Waals surface area contributed by atoms with Gasteiger partial charge in [-0.25, -0.2) is 9.97 Å². The van der Waals surface area contributed by atoms with Crippen LogP contribution in [0.4, 0.5) is 5.82 Å². The maximum absolute atomic E-state index is 9.10. The van der Waals surface area contributed by atoms with Gasteiger partial charge in [-0.3, -0.25) is 4.40 Å². The predicted octanol–water partition coefficient (Wildman–Crippen LogP) is 4.23. The van der Waals surface area contributed by atoms with Gasteiger partial charge in [0.15, 0.2) is 5.65 Å². The van der Waals surface area contributed by atoms with E-state index in [9.17, 15) is 0 Å². The number of rotatable bonds is 7. The van der Waals surface area contributed by atoms with Crippen molar-refractivity contribution in [2.24, 2.45) is 0 Å². The third kappa shape index (κ3) is 6.39. The number of aromatic nitrogens is 4. The van der Waals surface area contributed by atoms with Crippen LogP contribution in [0.25, 0.3) is 28.0 Å². The number of nitrogens with zero attached hydrogens (tertiary/aromatic N) is 6. The molecule has 10 heteroatoms. The first kappa shape index (κ1) is 27.7. The number of aliphatic hydroxyl groups is 1. The van der Waals surface area contributed by atoms with Crippen molar-refractivity contribution < 1.29 is 9.84 Å². The number of hydrogen-bond acceptors (Lipinski definition) is 9. The first-order valence-corrected chi connectivity index (χ1v) is 13.0. The van der Waals surface area contributed by atoms with Crippen LogP contribution in [0.2, 0.25) is 0 Å². The number of β-amino-alcohol motifs (C(OH)–C–C–N with tert-alkyl or cyclic N) is 1. The summed E-state index contributed by atoms with van der Waals surface area (Å²) < 4.78 is 7.23. The second-order valence-corrected chi connectivity index (χ2v) is 9.40. The zero-order chi connectivity index (χ0) is 27.8. The van der Waals surface area contributed by atoms with Gasteiger partial charge in [-0.05, 0) is 51.1 Å². The molecule has 1 fully saturated rings. The van der Waals surface area contributed by atoms with E-state index in [0.717, 1.165) is 23.2 Å². The average Bonchev–Trinajstić information content (AvgIpc) is 3.46. The Balaban J connectivity index is 0.000000298. The molecular weight excluding hydrogens is 492 g/mol. The number of likely N-dealkylation sites (tertiary alicyclic amines) is 1. The van der Waals surface area contributed by atoms with Gasteiger partial charge in [0.2, 0.25) is 0 Å². The lowest BCUT2D eigenvalue weighted by Gasteiger charge is -2.27.